The fourth-order valence-corrected chi connectivity index (χ4v) is 1.85. The Bertz CT molecular complexity index is 314. The number of hydrogen-bond acceptors (Lipinski definition) is 3. The van der Waals surface area contributed by atoms with Crippen LogP contribution in [0, 0.1) is 23.2 Å². The molecule has 2 unspecified atom stereocenters. The number of ether oxygens (including phenoxy) is 1. The van der Waals surface area contributed by atoms with E-state index < -0.39 is 5.97 Å². The second kappa shape index (κ2) is 7.89. The van der Waals surface area contributed by atoms with Crippen LogP contribution in [0.3, 0.4) is 0 Å². The SMILES string of the molecule is CCOC(=O)C(C#N)=C(C(C)CC)C(C)CC. The van der Waals surface area contributed by atoms with Crippen LogP contribution in [0.15, 0.2) is 11.1 Å². The van der Waals surface area contributed by atoms with Gasteiger partial charge in [-0.25, -0.2) is 4.79 Å². The first kappa shape index (κ1) is 15.7. The van der Waals surface area contributed by atoms with Crippen LogP contribution in [-0.2, 0) is 9.53 Å². The second-order valence-corrected chi connectivity index (χ2v) is 4.28. The molecule has 0 aromatic carbocycles. The summed E-state index contributed by atoms with van der Waals surface area (Å²) in [5, 5.41) is 9.17. The maximum atomic E-state index is 11.8. The number of nitriles is 1. The number of esters is 1. The minimum Gasteiger partial charge on any atom is -0.462 e. The third-order valence-electron chi connectivity index (χ3n) is 3.17. The summed E-state index contributed by atoms with van der Waals surface area (Å²) in [4.78, 5) is 11.8. The van der Waals surface area contributed by atoms with E-state index in [1.807, 2.05) is 6.07 Å². The average molecular weight is 237 g/mol. The first-order valence-corrected chi connectivity index (χ1v) is 6.34. The van der Waals surface area contributed by atoms with Crippen molar-refractivity contribution in [1.82, 2.24) is 0 Å². The molecule has 0 bridgehead atoms. The molecule has 0 aliphatic rings. The summed E-state index contributed by atoms with van der Waals surface area (Å²) in [5.74, 6) is -0.00128. The highest BCUT2D eigenvalue weighted by Crippen LogP contribution is 2.28. The van der Waals surface area contributed by atoms with Gasteiger partial charge in [0.1, 0.15) is 11.6 Å². The Morgan fingerprint density at radius 3 is 1.94 bits per heavy atom. The van der Waals surface area contributed by atoms with Crippen molar-refractivity contribution < 1.29 is 9.53 Å². The third-order valence-corrected chi connectivity index (χ3v) is 3.17. The van der Waals surface area contributed by atoms with E-state index in [4.69, 9.17) is 4.74 Å². The maximum absolute atomic E-state index is 11.8. The first-order valence-electron chi connectivity index (χ1n) is 6.34. The van der Waals surface area contributed by atoms with Gasteiger partial charge < -0.3 is 4.74 Å². The molecule has 0 aliphatic heterocycles. The van der Waals surface area contributed by atoms with E-state index in [9.17, 15) is 10.1 Å². The summed E-state index contributed by atoms with van der Waals surface area (Å²) in [6.07, 6.45) is 1.84. The molecule has 0 fully saturated rings. The Kier molecular flexibility index (Phi) is 7.29. The van der Waals surface area contributed by atoms with Gasteiger partial charge in [-0.15, -0.1) is 0 Å². The summed E-state index contributed by atoms with van der Waals surface area (Å²) >= 11 is 0. The lowest BCUT2D eigenvalue weighted by Gasteiger charge is -2.21. The number of carbonyl (C=O) groups excluding carboxylic acids is 1. The molecular formula is C14H23NO2. The van der Waals surface area contributed by atoms with Gasteiger partial charge in [0.25, 0.3) is 0 Å². The Morgan fingerprint density at radius 2 is 1.65 bits per heavy atom. The lowest BCUT2D eigenvalue weighted by atomic mass is 9.83. The van der Waals surface area contributed by atoms with Gasteiger partial charge in [-0.05, 0) is 37.2 Å². The molecule has 0 spiro atoms. The molecular weight excluding hydrogens is 214 g/mol. The van der Waals surface area contributed by atoms with Crippen LogP contribution < -0.4 is 0 Å². The largest absolute Gasteiger partial charge is 0.462 e. The molecule has 0 heterocycles. The number of rotatable bonds is 6. The van der Waals surface area contributed by atoms with Gasteiger partial charge in [0.05, 0.1) is 6.61 Å². The molecule has 0 aromatic heterocycles. The summed E-state index contributed by atoms with van der Waals surface area (Å²) in [6.45, 7) is 10.3. The van der Waals surface area contributed by atoms with E-state index in [1.165, 1.54) is 0 Å². The van der Waals surface area contributed by atoms with Crippen molar-refractivity contribution >= 4 is 5.97 Å². The molecule has 3 nitrogen and oxygen atoms in total. The van der Waals surface area contributed by atoms with Crippen molar-refractivity contribution in [2.24, 2.45) is 11.8 Å². The van der Waals surface area contributed by atoms with Gasteiger partial charge in [-0.1, -0.05) is 27.7 Å². The summed E-state index contributed by atoms with van der Waals surface area (Å²) in [5.41, 5.74) is 1.14. The van der Waals surface area contributed by atoms with Gasteiger partial charge in [0.2, 0.25) is 0 Å². The van der Waals surface area contributed by atoms with E-state index >= 15 is 0 Å². The van der Waals surface area contributed by atoms with Crippen LogP contribution in [0.1, 0.15) is 47.5 Å². The van der Waals surface area contributed by atoms with Crippen LogP contribution in [0.2, 0.25) is 0 Å². The molecule has 17 heavy (non-hydrogen) atoms. The predicted molar refractivity (Wildman–Crippen MR) is 68.2 cm³/mol. The molecule has 0 aliphatic carbocycles. The molecule has 0 amide bonds. The van der Waals surface area contributed by atoms with E-state index in [0.717, 1.165) is 18.4 Å². The summed E-state index contributed by atoms with van der Waals surface area (Å²) < 4.78 is 4.95. The molecule has 96 valence electrons. The summed E-state index contributed by atoms with van der Waals surface area (Å²) in [6, 6.07) is 2.02. The standard InChI is InChI=1S/C14H23NO2/c1-6-10(4)13(11(5)7-2)12(9-15)14(16)17-8-3/h10-11H,6-8H2,1-5H3. The quantitative estimate of drug-likeness (QED) is 0.404. The minimum absolute atomic E-state index is 0.204. The van der Waals surface area contributed by atoms with Crippen molar-refractivity contribution in [2.75, 3.05) is 6.61 Å². The number of hydrogen-bond donors (Lipinski definition) is 0. The second-order valence-electron chi connectivity index (χ2n) is 4.28. The highest BCUT2D eigenvalue weighted by Gasteiger charge is 2.23. The van der Waals surface area contributed by atoms with E-state index in [2.05, 4.69) is 27.7 Å². The molecule has 0 rings (SSSR count). The zero-order valence-electron chi connectivity index (χ0n) is 11.5. The van der Waals surface area contributed by atoms with E-state index in [-0.39, 0.29) is 17.4 Å². The lowest BCUT2D eigenvalue weighted by molar-refractivity contribution is -0.138. The lowest BCUT2D eigenvalue weighted by Crippen LogP contribution is -2.16. The number of carbonyl (C=O) groups is 1. The number of nitrogens with zero attached hydrogens (tertiary/aromatic N) is 1. The van der Waals surface area contributed by atoms with E-state index in [1.54, 1.807) is 6.92 Å². The monoisotopic (exact) mass is 237 g/mol. The van der Waals surface area contributed by atoms with E-state index in [0.29, 0.717) is 6.61 Å². The van der Waals surface area contributed by atoms with Gasteiger partial charge >= 0.3 is 5.97 Å². The zero-order chi connectivity index (χ0) is 13.4. The van der Waals surface area contributed by atoms with Gasteiger partial charge in [0, 0.05) is 0 Å². The maximum Gasteiger partial charge on any atom is 0.348 e. The highest BCUT2D eigenvalue weighted by molar-refractivity contribution is 5.93. The van der Waals surface area contributed by atoms with Crippen molar-refractivity contribution in [3.8, 4) is 6.07 Å². The van der Waals surface area contributed by atoms with Crippen molar-refractivity contribution in [3.05, 3.63) is 11.1 Å². The van der Waals surface area contributed by atoms with Crippen molar-refractivity contribution in [2.45, 2.75) is 47.5 Å². The van der Waals surface area contributed by atoms with Gasteiger partial charge in [0.15, 0.2) is 0 Å². The first-order chi connectivity index (χ1) is 8.03. The molecule has 2 atom stereocenters. The predicted octanol–water partition coefficient (Wildman–Crippen LogP) is 3.46. The Labute approximate surface area is 104 Å². The molecule has 0 N–H and O–H groups in total. The van der Waals surface area contributed by atoms with Crippen LogP contribution >= 0.6 is 0 Å². The smallest absolute Gasteiger partial charge is 0.348 e. The summed E-state index contributed by atoms with van der Waals surface area (Å²) in [7, 11) is 0. The molecule has 3 heteroatoms. The Balaban J connectivity index is 5.45. The average Bonchev–Trinajstić information content (AvgIpc) is 2.34. The van der Waals surface area contributed by atoms with Crippen LogP contribution in [0.25, 0.3) is 0 Å². The Hall–Kier alpha value is -1.30. The van der Waals surface area contributed by atoms with Crippen molar-refractivity contribution in [1.29, 1.82) is 5.26 Å². The number of allylic oxidation sites excluding steroid dienone is 1. The molecule has 0 aromatic rings. The Morgan fingerprint density at radius 1 is 1.18 bits per heavy atom. The van der Waals surface area contributed by atoms with Crippen molar-refractivity contribution in [3.63, 3.8) is 0 Å². The molecule has 0 saturated carbocycles. The third kappa shape index (κ3) is 4.22. The fraction of sp³-hybridized carbons (Fsp3) is 0.714. The minimum atomic E-state index is -0.481. The molecule has 0 radical (unpaired) electrons. The van der Waals surface area contributed by atoms with Crippen LogP contribution in [0.5, 0.6) is 0 Å². The highest BCUT2D eigenvalue weighted by atomic mass is 16.5. The molecule has 0 saturated heterocycles. The normalized spacial score (nSPS) is 13.4. The van der Waals surface area contributed by atoms with Gasteiger partial charge in [-0.3, -0.25) is 0 Å². The fourth-order valence-electron chi connectivity index (χ4n) is 1.85. The zero-order valence-corrected chi connectivity index (χ0v) is 11.5. The van der Waals surface area contributed by atoms with Crippen LogP contribution in [-0.4, -0.2) is 12.6 Å². The van der Waals surface area contributed by atoms with Crippen LogP contribution in [0.4, 0.5) is 0 Å². The van der Waals surface area contributed by atoms with Gasteiger partial charge in [-0.2, -0.15) is 5.26 Å². The topological polar surface area (TPSA) is 50.1 Å².